The van der Waals surface area contributed by atoms with Crippen LogP contribution in [0.1, 0.15) is 5.82 Å². The van der Waals surface area contributed by atoms with E-state index in [0.29, 0.717) is 5.92 Å². The summed E-state index contributed by atoms with van der Waals surface area (Å²) in [5.74, 6) is 2.61. The lowest BCUT2D eigenvalue weighted by Gasteiger charge is -2.25. The Labute approximate surface area is 105 Å². The summed E-state index contributed by atoms with van der Waals surface area (Å²) in [6.45, 7) is 3.64. The fourth-order valence-corrected chi connectivity index (χ4v) is 2.18. The van der Waals surface area contributed by atoms with Gasteiger partial charge < -0.3 is 15.2 Å². The molecule has 2 aromatic heterocycles. The van der Waals surface area contributed by atoms with Gasteiger partial charge in [0.25, 0.3) is 0 Å². The number of hydrogen-bond acceptors (Lipinski definition) is 5. The molecule has 2 aromatic rings. The van der Waals surface area contributed by atoms with E-state index in [9.17, 15) is 0 Å². The molecule has 18 heavy (non-hydrogen) atoms. The van der Waals surface area contributed by atoms with E-state index >= 15 is 0 Å². The molecular formula is C11H17N7. The van der Waals surface area contributed by atoms with Crippen LogP contribution in [0.5, 0.6) is 0 Å². The highest BCUT2D eigenvalue weighted by Crippen LogP contribution is 2.15. The molecule has 0 saturated carbocycles. The summed E-state index contributed by atoms with van der Waals surface area (Å²) in [5.41, 5.74) is 0. The van der Waals surface area contributed by atoms with E-state index in [1.807, 2.05) is 28.6 Å². The van der Waals surface area contributed by atoms with Crippen molar-refractivity contribution >= 4 is 5.82 Å². The topological polar surface area (TPSA) is 72.6 Å². The van der Waals surface area contributed by atoms with E-state index in [4.69, 9.17) is 0 Å². The Morgan fingerprint density at radius 1 is 1.56 bits per heavy atom. The molecule has 0 unspecified atom stereocenters. The highest BCUT2D eigenvalue weighted by atomic mass is 15.3. The van der Waals surface area contributed by atoms with E-state index < -0.39 is 0 Å². The van der Waals surface area contributed by atoms with Crippen molar-refractivity contribution in [2.24, 2.45) is 13.0 Å². The molecule has 3 rings (SSSR count). The normalized spacial score (nSPS) is 18.4. The van der Waals surface area contributed by atoms with Gasteiger partial charge in [0.2, 0.25) is 0 Å². The second-order valence-electron chi connectivity index (χ2n) is 4.63. The largest absolute Gasteiger partial charge is 0.370 e. The Morgan fingerprint density at radius 3 is 3.33 bits per heavy atom. The minimum atomic E-state index is 0.547. The van der Waals surface area contributed by atoms with Crippen molar-refractivity contribution in [3.8, 4) is 0 Å². The van der Waals surface area contributed by atoms with Gasteiger partial charge in [0, 0.05) is 38.7 Å². The molecule has 1 atom stereocenters. The quantitative estimate of drug-likeness (QED) is 0.785. The van der Waals surface area contributed by atoms with Crippen LogP contribution >= 0.6 is 0 Å². The molecule has 0 aliphatic carbocycles. The average molecular weight is 247 g/mol. The molecule has 0 fully saturated rings. The predicted octanol–water partition coefficient (Wildman–Crippen LogP) is -0.157. The van der Waals surface area contributed by atoms with E-state index in [1.165, 1.54) is 0 Å². The molecule has 0 saturated heterocycles. The van der Waals surface area contributed by atoms with Crippen LogP contribution in [0.15, 0.2) is 18.6 Å². The molecule has 2 N–H and O–H groups in total. The van der Waals surface area contributed by atoms with Gasteiger partial charge in [-0.05, 0) is 0 Å². The van der Waals surface area contributed by atoms with Crippen molar-refractivity contribution in [2.45, 2.75) is 13.1 Å². The molecule has 0 radical (unpaired) electrons. The van der Waals surface area contributed by atoms with Gasteiger partial charge in [0.1, 0.15) is 18.0 Å². The van der Waals surface area contributed by atoms with Crippen molar-refractivity contribution in [2.75, 3.05) is 18.4 Å². The van der Waals surface area contributed by atoms with Crippen LogP contribution in [0.25, 0.3) is 0 Å². The standard InChI is InChI=1S/C11H17N7/c1-17-8-14-16-11(17)6-12-4-9-5-13-10-2-3-15-18(10)7-9/h2-3,8-9,12-13H,4-7H2,1H3/t9-/m0/s1. The van der Waals surface area contributed by atoms with Gasteiger partial charge in [-0.15, -0.1) is 10.2 Å². The zero-order valence-electron chi connectivity index (χ0n) is 10.4. The second kappa shape index (κ2) is 4.77. The molecular weight excluding hydrogens is 230 g/mol. The van der Waals surface area contributed by atoms with Crippen LogP contribution in [0.3, 0.4) is 0 Å². The van der Waals surface area contributed by atoms with Crippen LogP contribution in [-0.2, 0) is 20.1 Å². The zero-order chi connectivity index (χ0) is 12.4. The highest BCUT2D eigenvalue weighted by Gasteiger charge is 2.17. The predicted molar refractivity (Wildman–Crippen MR) is 66.9 cm³/mol. The molecule has 3 heterocycles. The Morgan fingerprint density at radius 2 is 2.50 bits per heavy atom. The maximum atomic E-state index is 4.28. The lowest BCUT2D eigenvalue weighted by atomic mass is 10.1. The van der Waals surface area contributed by atoms with Crippen molar-refractivity contribution in [1.29, 1.82) is 0 Å². The first-order valence-corrected chi connectivity index (χ1v) is 6.12. The number of aryl methyl sites for hydroxylation is 1. The van der Waals surface area contributed by atoms with Crippen LogP contribution in [-0.4, -0.2) is 37.6 Å². The molecule has 0 aromatic carbocycles. The third-order valence-corrected chi connectivity index (χ3v) is 3.24. The third-order valence-electron chi connectivity index (χ3n) is 3.24. The SMILES string of the molecule is Cn1cnnc1CNC[C@H]1CNc2ccnn2C1. The number of fused-ring (bicyclic) bond motifs is 1. The smallest absolute Gasteiger partial charge is 0.146 e. The van der Waals surface area contributed by atoms with Crippen LogP contribution < -0.4 is 10.6 Å². The van der Waals surface area contributed by atoms with Gasteiger partial charge in [-0.25, -0.2) is 4.68 Å². The van der Waals surface area contributed by atoms with Crippen LogP contribution in [0.4, 0.5) is 5.82 Å². The van der Waals surface area contributed by atoms with Crippen LogP contribution in [0.2, 0.25) is 0 Å². The Bertz CT molecular complexity index is 515. The molecule has 7 heteroatoms. The number of aromatic nitrogens is 5. The molecule has 0 amide bonds. The summed E-state index contributed by atoms with van der Waals surface area (Å²) in [6, 6.07) is 2.00. The fourth-order valence-electron chi connectivity index (χ4n) is 2.18. The number of hydrogen-bond donors (Lipinski definition) is 2. The molecule has 0 spiro atoms. The van der Waals surface area contributed by atoms with E-state index in [2.05, 4.69) is 25.9 Å². The van der Waals surface area contributed by atoms with Crippen molar-refractivity contribution < 1.29 is 0 Å². The molecule has 1 aliphatic rings. The maximum Gasteiger partial charge on any atom is 0.146 e. The van der Waals surface area contributed by atoms with E-state index in [-0.39, 0.29) is 0 Å². The Hall–Kier alpha value is -1.89. The minimum Gasteiger partial charge on any atom is -0.370 e. The summed E-state index contributed by atoms with van der Waals surface area (Å²) in [4.78, 5) is 0. The van der Waals surface area contributed by atoms with Gasteiger partial charge in [0.05, 0.1) is 12.7 Å². The van der Waals surface area contributed by atoms with Crippen molar-refractivity contribution in [1.82, 2.24) is 29.9 Å². The third kappa shape index (κ3) is 2.21. The van der Waals surface area contributed by atoms with E-state index in [1.54, 1.807) is 6.33 Å². The number of nitrogens with zero attached hydrogens (tertiary/aromatic N) is 5. The van der Waals surface area contributed by atoms with Gasteiger partial charge in [0.15, 0.2) is 0 Å². The molecule has 96 valence electrons. The Balaban J connectivity index is 1.49. The van der Waals surface area contributed by atoms with E-state index in [0.717, 1.165) is 37.8 Å². The average Bonchev–Trinajstić information content (AvgIpc) is 2.98. The summed E-state index contributed by atoms with van der Waals surface area (Å²) < 4.78 is 3.94. The van der Waals surface area contributed by atoms with Gasteiger partial charge in [-0.3, -0.25) is 0 Å². The van der Waals surface area contributed by atoms with Gasteiger partial charge in [-0.1, -0.05) is 0 Å². The second-order valence-corrected chi connectivity index (χ2v) is 4.63. The number of nitrogens with one attached hydrogen (secondary N) is 2. The molecule has 0 bridgehead atoms. The first-order chi connectivity index (χ1) is 8.83. The summed E-state index contributed by atoms with van der Waals surface area (Å²) in [5, 5.41) is 19.0. The van der Waals surface area contributed by atoms with Gasteiger partial charge in [-0.2, -0.15) is 5.10 Å². The van der Waals surface area contributed by atoms with Crippen molar-refractivity contribution in [3.05, 3.63) is 24.4 Å². The number of rotatable bonds is 4. The zero-order valence-corrected chi connectivity index (χ0v) is 10.4. The first kappa shape index (κ1) is 11.2. The minimum absolute atomic E-state index is 0.547. The monoisotopic (exact) mass is 247 g/mol. The summed E-state index contributed by atoms with van der Waals surface area (Å²) in [6.07, 6.45) is 3.55. The summed E-state index contributed by atoms with van der Waals surface area (Å²) in [7, 11) is 1.95. The van der Waals surface area contributed by atoms with Gasteiger partial charge >= 0.3 is 0 Å². The number of anilines is 1. The Kier molecular flexibility index (Phi) is 2.97. The van der Waals surface area contributed by atoms with Crippen molar-refractivity contribution in [3.63, 3.8) is 0 Å². The summed E-state index contributed by atoms with van der Waals surface area (Å²) >= 11 is 0. The molecule has 1 aliphatic heterocycles. The lowest BCUT2D eigenvalue weighted by Crippen LogP contribution is -2.35. The van der Waals surface area contributed by atoms with Crippen LogP contribution in [0, 0.1) is 5.92 Å². The molecule has 7 nitrogen and oxygen atoms in total. The highest BCUT2D eigenvalue weighted by molar-refractivity contribution is 5.35. The fraction of sp³-hybridized carbons (Fsp3) is 0.545. The maximum absolute atomic E-state index is 4.28. The lowest BCUT2D eigenvalue weighted by molar-refractivity contribution is 0.389. The first-order valence-electron chi connectivity index (χ1n) is 6.12.